The van der Waals surface area contributed by atoms with Crippen LogP contribution in [0.25, 0.3) is 10.8 Å². The van der Waals surface area contributed by atoms with Crippen LogP contribution < -0.4 is 4.90 Å². The second-order valence-electron chi connectivity index (χ2n) is 5.18. The van der Waals surface area contributed by atoms with E-state index in [1.807, 2.05) is 0 Å². The smallest absolute Gasteiger partial charge is 0.0568 e. The molecule has 0 radical (unpaired) electrons. The first-order chi connectivity index (χ1) is 10.9. The Kier molecular flexibility index (Phi) is 3.37. The number of benzene rings is 3. The Balaban J connectivity index is 1.89. The molecule has 2 heteroatoms. The molecule has 4 aromatic rings. The zero-order valence-corrected chi connectivity index (χ0v) is 12.8. The van der Waals surface area contributed by atoms with E-state index in [2.05, 4.69) is 94.5 Å². The van der Waals surface area contributed by atoms with E-state index in [-0.39, 0.29) is 0 Å². The van der Waals surface area contributed by atoms with Gasteiger partial charge in [0.2, 0.25) is 0 Å². The fourth-order valence-corrected chi connectivity index (χ4v) is 3.34. The molecule has 4 rings (SSSR count). The van der Waals surface area contributed by atoms with Crippen molar-refractivity contribution < 1.29 is 0 Å². The lowest BCUT2D eigenvalue weighted by molar-refractivity contribution is 1.30. The van der Waals surface area contributed by atoms with E-state index in [1.165, 1.54) is 27.8 Å². The molecular weight excluding hydrogens is 286 g/mol. The zero-order chi connectivity index (χ0) is 14.8. The molecule has 0 atom stereocenters. The third-order valence-electron chi connectivity index (χ3n) is 3.77. The summed E-state index contributed by atoms with van der Waals surface area (Å²) in [5, 5.41) is 6.83. The molecule has 0 aliphatic heterocycles. The molecule has 22 heavy (non-hydrogen) atoms. The van der Waals surface area contributed by atoms with Gasteiger partial charge >= 0.3 is 0 Å². The van der Waals surface area contributed by atoms with Crippen molar-refractivity contribution in [3.63, 3.8) is 0 Å². The van der Waals surface area contributed by atoms with E-state index in [1.54, 1.807) is 11.3 Å². The summed E-state index contributed by atoms with van der Waals surface area (Å²) in [7, 11) is 0. The van der Waals surface area contributed by atoms with Crippen molar-refractivity contribution in [2.75, 3.05) is 4.90 Å². The van der Waals surface area contributed by atoms with Crippen LogP contribution in [0.15, 0.2) is 89.6 Å². The van der Waals surface area contributed by atoms with Crippen LogP contribution in [0.5, 0.6) is 0 Å². The van der Waals surface area contributed by atoms with Gasteiger partial charge in [-0.2, -0.15) is 11.3 Å². The average molecular weight is 301 g/mol. The number of nitrogens with zero attached hydrogens (tertiary/aromatic N) is 1. The van der Waals surface area contributed by atoms with Crippen LogP contribution in [0.1, 0.15) is 0 Å². The van der Waals surface area contributed by atoms with E-state index in [0.717, 1.165) is 0 Å². The van der Waals surface area contributed by atoms with Crippen molar-refractivity contribution in [3.05, 3.63) is 89.6 Å². The lowest BCUT2D eigenvalue weighted by Gasteiger charge is -2.24. The minimum Gasteiger partial charge on any atom is -0.310 e. The number of thiophene rings is 1. The second kappa shape index (κ2) is 5.66. The van der Waals surface area contributed by atoms with Gasteiger partial charge in [0.15, 0.2) is 0 Å². The molecule has 0 unspecified atom stereocenters. The van der Waals surface area contributed by atoms with E-state index in [4.69, 9.17) is 0 Å². The topological polar surface area (TPSA) is 3.24 Å². The summed E-state index contributed by atoms with van der Waals surface area (Å²) in [6.45, 7) is 0. The number of para-hydroxylation sites is 1. The van der Waals surface area contributed by atoms with Gasteiger partial charge in [-0.1, -0.05) is 48.5 Å². The maximum absolute atomic E-state index is 2.29. The molecule has 106 valence electrons. The Labute approximate surface area is 134 Å². The lowest BCUT2D eigenvalue weighted by atomic mass is 10.1. The van der Waals surface area contributed by atoms with Gasteiger partial charge in [0.25, 0.3) is 0 Å². The fraction of sp³-hybridized carbons (Fsp3) is 0. The Hall–Kier alpha value is -2.58. The minimum absolute atomic E-state index is 1.18. The van der Waals surface area contributed by atoms with Crippen molar-refractivity contribution >= 4 is 39.2 Å². The van der Waals surface area contributed by atoms with Crippen LogP contribution in [0, 0.1) is 0 Å². The Bertz CT molecular complexity index is 882. The molecule has 0 saturated heterocycles. The lowest BCUT2D eigenvalue weighted by Crippen LogP contribution is -2.08. The van der Waals surface area contributed by atoms with Gasteiger partial charge in [0.05, 0.1) is 5.69 Å². The highest BCUT2D eigenvalue weighted by molar-refractivity contribution is 7.08. The first kappa shape index (κ1) is 13.1. The number of hydrogen-bond donors (Lipinski definition) is 0. The van der Waals surface area contributed by atoms with E-state index in [9.17, 15) is 0 Å². The molecule has 0 spiro atoms. The summed E-state index contributed by atoms with van der Waals surface area (Å²) in [5.41, 5.74) is 3.56. The van der Waals surface area contributed by atoms with Crippen LogP contribution in [0.3, 0.4) is 0 Å². The number of anilines is 3. The average Bonchev–Trinajstić information content (AvgIpc) is 3.10. The Morgan fingerprint density at radius 1 is 0.591 bits per heavy atom. The Morgan fingerprint density at radius 3 is 2.14 bits per heavy atom. The monoisotopic (exact) mass is 301 g/mol. The largest absolute Gasteiger partial charge is 0.310 e. The third-order valence-corrected chi connectivity index (χ3v) is 4.44. The minimum atomic E-state index is 1.18. The Morgan fingerprint density at radius 2 is 1.36 bits per heavy atom. The summed E-state index contributed by atoms with van der Waals surface area (Å²) in [6.07, 6.45) is 0. The first-order valence-corrected chi connectivity index (χ1v) is 8.22. The predicted octanol–water partition coefficient (Wildman–Crippen LogP) is 6.37. The van der Waals surface area contributed by atoms with Crippen molar-refractivity contribution in [1.82, 2.24) is 0 Å². The molecule has 1 nitrogen and oxygen atoms in total. The molecule has 0 N–H and O–H groups in total. The molecule has 0 aliphatic rings. The summed E-state index contributed by atoms with van der Waals surface area (Å²) >= 11 is 1.72. The van der Waals surface area contributed by atoms with Gasteiger partial charge in [-0.15, -0.1) is 0 Å². The second-order valence-corrected chi connectivity index (χ2v) is 5.96. The van der Waals surface area contributed by atoms with Crippen LogP contribution in [-0.2, 0) is 0 Å². The molecule has 0 aliphatic carbocycles. The maximum Gasteiger partial charge on any atom is 0.0568 e. The SMILES string of the molecule is c1ccc(N(c2ccsc2)c2ccc3ccccc3c2)cc1. The van der Waals surface area contributed by atoms with Gasteiger partial charge < -0.3 is 4.90 Å². The molecule has 0 saturated carbocycles. The molecular formula is C20H15NS. The standard InChI is InChI=1S/C20H15NS/c1-2-8-18(9-3-1)21(20-12-13-22-15-20)19-11-10-16-6-4-5-7-17(16)14-19/h1-15H. The zero-order valence-electron chi connectivity index (χ0n) is 12.0. The molecule has 1 heterocycles. The van der Waals surface area contributed by atoms with Crippen molar-refractivity contribution in [3.8, 4) is 0 Å². The third kappa shape index (κ3) is 2.38. The summed E-state index contributed by atoms with van der Waals surface area (Å²) in [4.78, 5) is 2.29. The normalized spacial score (nSPS) is 10.7. The van der Waals surface area contributed by atoms with Gasteiger partial charge in [-0.25, -0.2) is 0 Å². The molecule has 0 amide bonds. The van der Waals surface area contributed by atoms with Crippen LogP contribution in [0.2, 0.25) is 0 Å². The van der Waals surface area contributed by atoms with E-state index < -0.39 is 0 Å². The van der Waals surface area contributed by atoms with Gasteiger partial charge in [-0.05, 0) is 46.5 Å². The number of fused-ring (bicyclic) bond motifs is 1. The van der Waals surface area contributed by atoms with Crippen molar-refractivity contribution in [2.24, 2.45) is 0 Å². The summed E-state index contributed by atoms with van der Waals surface area (Å²) < 4.78 is 0. The summed E-state index contributed by atoms with van der Waals surface area (Å²) in [6, 6.07) is 27.8. The van der Waals surface area contributed by atoms with E-state index in [0.29, 0.717) is 0 Å². The van der Waals surface area contributed by atoms with E-state index >= 15 is 0 Å². The van der Waals surface area contributed by atoms with Crippen molar-refractivity contribution in [1.29, 1.82) is 0 Å². The van der Waals surface area contributed by atoms with Crippen LogP contribution >= 0.6 is 11.3 Å². The highest BCUT2D eigenvalue weighted by Crippen LogP contribution is 2.36. The maximum atomic E-state index is 2.29. The fourth-order valence-electron chi connectivity index (χ4n) is 2.72. The first-order valence-electron chi connectivity index (χ1n) is 7.28. The molecule has 1 aromatic heterocycles. The van der Waals surface area contributed by atoms with Gasteiger partial charge in [-0.3, -0.25) is 0 Å². The van der Waals surface area contributed by atoms with Crippen LogP contribution in [0.4, 0.5) is 17.1 Å². The molecule has 0 fully saturated rings. The van der Waals surface area contributed by atoms with Gasteiger partial charge in [0, 0.05) is 16.8 Å². The summed E-state index contributed by atoms with van der Waals surface area (Å²) in [5.74, 6) is 0. The number of rotatable bonds is 3. The molecule has 0 bridgehead atoms. The predicted molar refractivity (Wildman–Crippen MR) is 96.5 cm³/mol. The van der Waals surface area contributed by atoms with Gasteiger partial charge in [0.1, 0.15) is 0 Å². The van der Waals surface area contributed by atoms with Crippen molar-refractivity contribution in [2.45, 2.75) is 0 Å². The highest BCUT2D eigenvalue weighted by Gasteiger charge is 2.12. The number of hydrogen-bond acceptors (Lipinski definition) is 2. The molecule has 3 aromatic carbocycles. The highest BCUT2D eigenvalue weighted by atomic mass is 32.1. The van der Waals surface area contributed by atoms with Crippen LogP contribution in [-0.4, -0.2) is 0 Å². The quantitative estimate of drug-likeness (QED) is 0.425.